The van der Waals surface area contributed by atoms with E-state index in [-0.39, 0.29) is 21.4 Å². The van der Waals surface area contributed by atoms with E-state index < -0.39 is 17.5 Å². The molecule has 2 rings (SSSR count). The summed E-state index contributed by atoms with van der Waals surface area (Å²) in [6.07, 6.45) is 0. The van der Waals surface area contributed by atoms with Gasteiger partial charge in [-0.15, -0.1) is 0 Å². The molecule has 0 aromatic heterocycles. The molecule has 0 unspecified atom stereocenters. The van der Waals surface area contributed by atoms with Crippen molar-refractivity contribution in [3.8, 4) is 0 Å². The summed E-state index contributed by atoms with van der Waals surface area (Å²) in [6, 6.07) is 7.80. The van der Waals surface area contributed by atoms with Crippen LogP contribution in [0.5, 0.6) is 0 Å². The lowest BCUT2D eigenvalue weighted by Crippen LogP contribution is -2.13. The summed E-state index contributed by atoms with van der Waals surface area (Å²) in [5.74, 6) is -1.81. The first-order valence-corrected chi connectivity index (χ1v) is 6.08. The minimum Gasteiger partial charge on any atom is -0.399 e. The number of anilines is 2. The van der Waals surface area contributed by atoms with E-state index in [0.29, 0.717) is 0 Å². The van der Waals surface area contributed by atoms with Crippen molar-refractivity contribution in [3.05, 3.63) is 58.1 Å². The molecule has 6 heteroatoms. The summed E-state index contributed by atoms with van der Waals surface area (Å²) in [5.41, 5.74) is 5.74. The van der Waals surface area contributed by atoms with E-state index in [4.69, 9.17) is 5.73 Å². The molecular weight excluding hydrogens is 318 g/mol. The number of hydrogen-bond acceptors (Lipinski definition) is 2. The summed E-state index contributed by atoms with van der Waals surface area (Å²) in [5, 5.41) is 2.35. The Morgan fingerprint density at radius 3 is 2.47 bits per heavy atom. The molecule has 2 aromatic rings. The minimum atomic E-state index is -0.647. The van der Waals surface area contributed by atoms with Crippen molar-refractivity contribution in [1.29, 1.82) is 0 Å². The first kappa shape index (κ1) is 13.5. The maximum absolute atomic E-state index is 13.5. The van der Waals surface area contributed by atoms with Gasteiger partial charge >= 0.3 is 0 Å². The highest BCUT2D eigenvalue weighted by Crippen LogP contribution is 2.20. The van der Waals surface area contributed by atoms with E-state index in [0.717, 1.165) is 12.1 Å². The van der Waals surface area contributed by atoms with Crippen molar-refractivity contribution in [2.24, 2.45) is 0 Å². The average Bonchev–Trinajstić information content (AvgIpc) is 2.36. The maximum Gasteiger partial charge on any atom is 0.255 e. The highest BCUT2D eigenvalue weighted by Gasteiger charge is 2.11. The van der Waals surface area contributed by atoms with Crippen LogP contribution in [0.1, 0.15) is 10.4 Å². The first-order valence-electron chi connectivity index (χ1n) is 5.29. The molecule has 0 aliphatic rings. The number of carbonyl (C=O) groups excluding carboxylic acids is 1. The third-order valence-electron chi connectivity index (χ3n) is 2.42. The predicted octanol–water partition coefficient (Wildman–Crippen LogP) is 3.56. The molecule has 0 aliphatic carbocycles. The van der Waals surface area contributed by atoms with E-state index in [1.165, 1.54) is 24.3 Å². The predicted molar refractivity (Wildman–Crippen MR) is 72.9 cm³/mol. The maximum atomic E-state index is 13.5. The Labute approximate surface area is 116 Å². The molecule has 0 saturated heterocycles. The highest BCUT2D eigenvalue weighted by atomic mass is 79.9. The van der Waals surface area contributed by atoms with Crippen LogP contribution in [0.25, 0.3) is 0 Å². The Hall–Kier alpha value is -1.95. The van der Waals surface area contributed by atoms with Crippen molar-refractivity contribution < 1.29 is 13.6 Å². The summed E-state index contributed by atoms with van der Waals surface area (Å²) in [4.78, 5) is 11.8. The van der Waals surface area contributed by atoms with Crippen LogP contribution in [-0.4, -0.2) is 5.91 Å². The van der Waals surface area contributed by atoms with Crippen LogP contribution in [0, 0.1) is 11.6 Å². The lowest BCUT2D eigenvalue weighted by atomic mass is 10.2. The van der Waals surface area contributed by atoms with Crippen LogP contribution in [0.2, 0.25) is 0 Å². The van der Waals surface area contributed by atoms with Gasteiger partial charge in [0.2, 0.25) is 0 Å². The van der Waals surface area contributed by atoms with Crippen LogP contribution in [0.15, 0.2) is 40.9 Å². The quantitative estimate of drug-likeness (QED) is 0.829. The van der Waals surface area contributed by atoms with Gasteiger partial charge < -0.3 is 11.1 Å². The second-order valence-electron chi connectivity index (χ2n) is 3.82. The smallest absolute Gasteiger partial charge is 0.255 e. The molecule has 19 heavy (non-hydrogen) atoms. The summed E-state index contributed by atoms with van der Waals surface area (Å²) < 4.78 is 27.0. The van der Waals surface area contributed by atoms with Gasteiger partial charge in [-0.1, -0.05) is 0 Å². The molecule has 0 radical (unpaired) electrons. The van der Waals surface area contributed by atoms with E-state index in [9.17, 15) is 13.6 Å². The lowest BCUT2D eigenvalue weighted by Gasteiger charge is -2.07. The molecule has 0 heterocycles. The van der Waals surface area contributed by atoms with Crippen LogP contribution >= 0.6 is 15.9 Å². The SMILES string of the molecule is Nc1ccc(NC(=O)c2ccc(Br)c(F)c2)c(F)c1. The molecular formula is C13H9BrF2N2O. The number of amides is 1. The van der Waals surface area contributed by atoms with Gasteiger partial charge in [0.25, 0.3) is 5.91 Å². The Bertz CT molecular complexity index is 647. The Balaban J connectivity index is 2.23. The van der Waals surface area contributed by atoms with Gasteiger partial charge in [-0.3, -0.25) is 4.79 Å². The number of benzene rings is 2. The second kappa shape index (κ2) is 5.36. The number of nitrogen functional groups attached to an aromatic ring is 1. The standard InChI is InChI=1S/C13H9BrF2N2O/c14-9-3-1-7(5-10(9)15)13(19)18-12-4-2-8(17)6-11(12)16/h1-6H,17H2,(H,18,19). The molecule has 98 valence electrons. The number of nitrogens with one attached hydrogen (secondary N) is 1. The van der Waals surface area contributed by atoms with Crippen molar-refractivity contribution in [3.63, 3.8) is 0 Å². The zero-order chi connectivity index (χ0) is 14.0. The van der Waals surface area contributed by atoms with Gasteiger partial charge in [0.05, 0.1) is 10.2 Å². The van der Waals surface area contributed by atoms with Crippen molar-refractivity contribution in [1.82, 2.24) is 0 Å². The van der Waals surface area contributed by atoms with Gasteiger partial charge in [-0.05, 0) is 52.3 Å². The fraction of sp³-hybridized carbons (Fsp3) is 0. The zero-order valence-electron chi connectivity index (χ0n) is 9.58. The fourth-order valence-corrected chi connectivity index (χ4v) is 1.71. The van der Waals surface area contributed by atoms with E-state index in [2.05, 4.69) is 21.2 Å². The number of carbonyl (C=O) groups is 1. The van der Waals surface area contributed by atoms with Gasteiger partial charge in [0, 0.05) is 11.3 Å². The molecule has 3 nitrogen and oxygen atoms in total. The molecule has 0 fully saturated rings. The fourth-order valence-electron chi connectivity index (χ4n) is 1.46. The molecule has 0 atom stereocenters. The topological polar surface area (TPSA) is 55.1 Å². The molecule has 0 aliphatic heterocycles. The number of nitrogens with two attached hydrogens (primary N) is 1. The van der Waals surface area contributed by atoms with E-state index >= 15 is 0 Å². The lowest BCUT2D eigenvalue weighted by molar-refractivity contribution is 0.102. The number of rotatable bonds is 2. The largest absolute Gasteiger partial charge is 0.399 e. The molecule has 0 spiro atoms. The second-order valence-corrected chi connectivity index (χ2v) is 4.68. The third kappa shape index (κ3) is 3.08. The average molecular weight is 327 g/mol. The third-order valence-corrected chi connectivity index (χ3v) is 3.07. The Kier molecular flexibility index (Phi) is 3.80. The van der Waals surface area contributed by atoms with Crippen molar-refractivity contribution in [2.45, 2.75) is 0 Å². The van der Waals surface area contributed by atoms with Crippen LogP contribution in [0.4, 0.5) is 20.2 Å². The highest BCUT2D eigenvalue weighted by molar-refractivity contribution is 9.10. The first-order chi connectivity index (χ1) is 8.97. The Morgan fingerprint density at radius 2 is 1.84 bits per heavy atom. The summed E-state index contributed by atoms with van der Waals surface area (Å²) in [7, 11) is 0. The molecule has 1 amide bonds. The van der Waals surface area contributed by atoms with Gasteiger partial charge in [0.1, 0.15) is 11.6 Å². The molecule has 2 aromatic carbocycles. The van der Waals surface area contributed by atoms with Gasteiger partial charge in [0.15, 0.2) is 0 Å². The van der Waals surface area contributed by atoms with E-state index in [1.807, 2.05) is 0 Å². The normalized spacial score (nSPS) is 10.3. The molecule has 3 N–H and O–H groups in total. The van der Waals surface area contributed by atoms with Crippen molar-refractivity contribution >= 4 is 33.2 Å². The van der Waals surface area contributed by atoms with Crippen molar-refractivity contribution in [2.75, 3.05) is 11.1 Å². The van der Waals surface area contributed by atoms with Crippen LogP contribution in [0.3, 0.4) is 0 Å². The van der Waals surface area contributed by atoms with Gasteiger partial charge in [-0.25, -0.2) is 8.78 Å². The van der Waals surface area contributed by atoms with Crippen LogP contribution in [-0.2, 0) is 0 Å². The molecule has 0 saturated carbocycles. The Morgan fingerprint density at radius 1 is 1.11 bits per heavy atom. The van der Waals surface area contributed by atoms with E-state index in [1.54, 1.807) is 0 Å². The van der Waals surface area contributed by atoms with Gasteiger partial charge in [-0.2, -0.15) is 0 Å². The molecule has 0 bridgehead atoms. The minimum absolute atomic E-state index is 0.0115. The summed E-state index contributed by atoms with van der Waals surface area (Å²) in [6.45, 7) is 0. The number of hydrogen-bond donors (Lipinski definition) is 2. The zero-order valence-corrected chi connectivity index (χ0v) is 11.2. The van der Waals surface area contributed by atoms with Crippen LogP contribution < -0.4 is 11.1 Å². The monoisotopic (exact) mass is 326 g/mol. The number of halogens is 3. The summed E-state index contributed by atoms with van der Waals surface area (Å²) >= 11 is 2.98.